The molecule has 3 nitrogen and oxygen atoms in total. The lowest BCUT2D eigenvalue weighted by Gasteiger charge is -2.11. The molecule has 0 atom stereocenters. The van der Waals surface area contributed by atoms with Gasteiger partial charge >= 0.3 is 0 Å². The smallest absolute Gasteiger partial charge is 0.0637 e. The summed E-state index contributed by atoms with van der Waals surface area (Å²) in [5.41, 5.74) is 2.17. The number of hydrogen-bond donors (Lipinski definition) is 3. The first-order valence-corrected chi connectivity index (χ1v) is 8.63. The zero-order valence-corrected chi connectivity index (χ0v) is 14.3. The second-order valence-electron chi connectivity index (χ2n) is 5.61. The summed E-state index contributed by atoms with van der Waals surface area (Å²) >= 11 is 6.11. The first-order chi connectivity index (χ1) is 11.8. The van der Waals surface area contributed by atoms with Gasteiger partial charge in [-0.2, -0.15) is 0 Å². The van der Waals surface area contributed by atoms with Crippen LogP contribution in [0.3, 0.4) is 0 Å². The van der Waals surface area contributed by atoms with Crippen molar-refractivity contribution < 1.29 is 0 Å². The third-order valence-electron chi connectivity index (χ3n) is 3.90. The van der Waals surface area contributed by atoms with Crippen molar-refractivity contribution in [3.8, 4) is 0 Å². The van der Waals surface area contributed by atoms with Gasteiger partial charge in [0.25, 0.3) is 0 Å². The van der Waals surface area contributed by atoms with E-state index in [0.717, 1.165) is 36.9 Å². The van der Waals surface area contributed by atoms with Crippen molar-refractivity contribution in [2.24, 2.45) is 0 Å². The molecule has 0 radical (unpaired) electrons. The van der Waals surface area contributed by atoms with Crippen molar-refractivity contribution in [2.45, 2.75) is 0 Å². The Morgan fingerprint density at radius 3 is 2.08 bits per heavy atom. The summed E-state index contributed by atoms with van der Waals surface area (Å²) in [6, 6.07) is 22.6. The van der Waals surface area contributed by atoms with Crippen LogP contribution in [0.1, 0.15) is 0 Å². The predicted molar refractivity (Wildman–Crippen MR) is 105 cm³/mol. The number of anilines is 2. The van der Waals surface area contributed by atoms with Crippen LogP contribution in [-0.2, 0) is 0 Å². The summed E-state index contributed by atoms with van der Waals surface area (Å²) < 4.78 is 0. The van der Waals surface area contributed by atoms with E-state index in [0.29, 0.717) is 0 Å². The molecule has 0 amide bonds. The predicted octanol–water partition coefficient (Wildman–Crippen LogP) is 4.61. The molecule has 0 saturated heterocycles. The van der Waals surface area contributed by atoms with Crippen molar-refractivity contribution in [2.75, 3.05) is 36.8 Å². The normalized spacial score (nSPS) is 10.7. The third kappa shape index (κ3) is 4.40. The van der Waals surface area contributed by atoms with E-state index in [9.17, 15) is 0 Å². The summed E-state index contributed by atoms with van der Waals surface area (Å²) in [5.74, 6) is 0. The van der Waals surface area contributed by atoms with Gasteiger partial charge in [0.05, 0.1) is 10.7 Å². The van der Waals surface area contributed by atoms with Gasteiger partial charge in [0.15, 0.2) is 0 Å². The fourth-order valence-electron chi connectivity index (χ4n) is 2.68. The van der Waals surface area contributed by atoms with Gasteiger partial charge in [0.1, 0.15) is 0 Å². The third-order valence-corrected chi connectivity index (χ3v) is 4.23. The Kier molecular flexibility index (Phi) is 5.94. The number of benzene rings is 3. The Morgan fingerprint density at radius 1 is 0.625 bits per heavy atom. The number of rotatable bonds is 8. The molecule has 0 spiro atoms. The van der Waals surface area contributed by atoms with Crippen LogP contribution in [0, 0.1) is 0 Å². The summed E-state index contributed by atoms with van der Waals surface area (Å²) in [6.07, 6.45) is 0. The maximum absolute atomic E-state index is 6.11. The monoisotopic (exact) mass is 339 g/mol. The summed E-state index contributed by atoms with van der Waals surface area (Å²) in [4.78, 5) is 0. The highest BCUT2D eigenvalue weighted by molar-refractivity contribution is 6.33. The Morgan fingerprint density at radius 2 is 1.25 bits per heavy atom. The van der Waals surface area contributed by atoms with Crippen LogP contribution < -0.4 is 16.0 Å². The molecular formula is C20H22ClN3. The molecule has 3 rings (SSSR count). The molecule has 3 aromatic rings. The maximum Gasteiger partial charge on any atom is 0.0637 e. The Labute approximate surface area is 148 Å². The van der Waals surface area contributed by atoms with E-state index in [-0.39, 0.29) is 0 Å². The molecule has 0 bridgehead atoms. The molecular weight excluding hydrogens is 318 g/mol. The average Bonchev–Trinajstić information content (AvgIpc) is 2.62. The minimum Gasteiger partial charge on any atom is -0.383 e. The standard InChI is InChI=1S/C20H22ClN3/c21-18-9-3-4-10-20(18)24-15-13-22-12-14-23-19-11-5-7-16-6-1-2-8-17(16)19/h1-11,22-24H,12-15H2. The van der Waals surface area contributed by atoms with E-state index < -0.39 is 0 Å². The van der Waals surface area contributed by atoms with Crippen molar-refractivity contribution in [3.05, 3.63) is 71.8 Å². The second kappa shape index (κ2) is 8.57. The van der Waals surface area contributed by atoms with Crippen LogP contribution in [-0.4, -0.2) is 26.2 Å². The molecule has 3 N–H and O–H groups in total. The molecule has 0 aliphatic rings. The number of nitrogens with one attached hydrogen (secondary N) is 3. The first-order valence-electron chi connectivity index (χ1n) is 8.25. The summed E-state index contributed by atoms with van der Waals surface area (Å²) in [5, 5.41) is 13.5. The highest BCUT2D eigenvalue weighted by Crippen LogP contribution is 2.22. The van der Waals surface area contributed by atoms with Gasteiger partial charge in [-0.3, -0.25) is 0 Å². The number of para-hydroxylation sites is 1. The lowest BCUT2D eigenvalue weighted by Crippen LogP contribution is -2.27. The molecule has 0 saturated carbocycles. The Balaban J connectivity index is 1.37. The molecule has 0 unspecified atom stereocenters. The van der Waals surface area contributed by atoms with Gasteiger partial charge < -0.3 is 16.0 Å². The molecule has 0 fully saturated rings. The second-order valence-corrected chi connectivity index (χ2v) is 6.02. The zero-order chi connectivity index (χ0) is 16.6. The van der Waals surface area contributed by atoms with Crippen LogP contribution in [0.25, 0.3) is 10.8 Å². The van der Waals surface area contributed by atoms with Crippen molar-refractivity contribution in [1.29, 1.82) is 0 Å². The maximum atomic E-state index is 6.11. The van der Waals surface area contributed by atoms with E-state index in [1.165, 1.54) is 16.5 Å². The van der Waals surface area contributed by atoms with Gasteiger partial charge in [-0.1, -0.05) is 60.1 Å². The van der Waals surface area contributed by atoms with Crippen molar-refractivity contribution in [3.63, 3.8) is 0 Å². The number of halogens is 1. The molecule has 0 aliphatic heterocycles. The van der Waals surface area contributed by atoms with E-state index in [1.54, 1.807) is 0 Å². The lowest BCUT2D eigenvalue weighted by atomic mass is 10.1. The van der Waals surface area contributed by atoms with Gasteiger partial charge in [-0.05, 0) is 23.6 Å². The van der Waals surface area contributed by atoms with Crippen LogP contribution in [0.4, 0.5) is 11.4 Å². The largest absolute Gasteiger partial charge is 0.383 e. The minimum atomic E-state index is 0.759. The Bertz CT molecular complexity index is 783. The number of hydrogen-bond acceptors (Lipinski definition) is 3. The molecule has 3 aromatic carbocycles. The van der Waals surface area contributed by atoms with Crippen LogP contribution in [0.5, 0.6) is 0 Å². The van der Waals surface area contributed by atoms with Crippen LogP contribution in [0.2, 0.25) is 5.02 Å². The molecule has 0 heterocycles. The topological polar surface area (TPSA) is 36.1 Å². The molecule has 24 heavy (non-hydrogen) atoms. The fraction of sp³-hybridized carbons (Fsp3) is 0.200. The fourth-order valence-corrected chi connectivity index (χ4v) is 2.88. The molecule has 4 heteroatoms. The van der Waals surface area contributed by atoms with E-state index in [2.05, 4.69) is 58.4 Å². The van der Waals surface area contributed by atoms with Crippen molar-refractivity contribution >= 4 is 33.7 Å². The first kappa shape index (κ1) is 16.6. The molecule has 0 aromatic heterocycles. The van der Waals surface area contributed by atoms with Gasteiger partial charge in [0, 0.05) is 37.3 Å². The highest BCUT2D eigenvalue weighted by Gasteiger charge is 1.99. The SMILES string of the molecule is Clc1ccccc1NCCNCCNc1cccc2ccccc12. The van der Waals surface area contributed by atoms with Crippen LogP contribution >= 0.6 is 11.6 Å². The molecule has 124 valence electrons. The van der Waals surface area contributed by atoms with Crippen molar-refractivity contribution in [1.82, 2.24) is 5.32 Å². The average molecular weight is 340 g/mol. The summed E-state index contributed by atoms with van der Waals surface area (Å²) in [6.45, 7) is 3.54. The number of fused-ring (bicyclic) bond motifs is 1. The van der Waals surface area contributed by atoms with E-state index in [1.807, 2.05) is 24.3 Å². The van der Waals surface area contributed by atoms with E-state index in [4.69, 9.17) is 11.6 Å². The molecule has 0 aliphatic carbocycles. The van der Waals surface area contributed by atoms with Gasteiger partial charge in [-0.15, -0.1) is 0 Å². The van der Waals surface area contributed by atoms with Crippen LogP contribution in [0.15, 0.2) is 66.7 Å². The van der Waals surface area contributed by atoms with E-state index >= 15 is 0 Å². The Hall–Kier alpha value is -2.23. The highest BCUT2D eigenvalue weighted by atomic mass is 35.5. The van der Waals surface area contributed by atoms with Gasteiger partial charge in [-0.25, -0.2) is 0 Å². The van der Waals surface area contributed by atoms with Gasteiger partial charge in [0.2, 0.25) is 0 Å². The summed E-state index contributed by atoms with van der Waals surface area (Å²) in [7, 11) is 0. The zero-order valence-electron chi connectivity index (χ0n) is 13.6. The quantitative estimate of drug-likeness (QED) is 0.525. The lowest BCUT2D eigenvalue weighted by molar-refractivity contribution is 0.719. The minimum absolute atomic E-state index is 0.759.